The number of rotatable bonds is 4. The Kier molecular flexibility index (Phi) is 4.97. The van der Waals surface area contributed by atoms with Gasteiger partial charge in [-0.05, 0) is 57.2 Å². The fourth-order valence-electron chi connectivity index (χ4n) is 2.81. The minimum absolute atomic E-state index is 0.101. The van der Waals surface area contributed by atoms with Gasteiger partial charge in [0.15, 0.2) is 0 Å². The van der Waals surface area contributed by atoms with Gasteiger partial charge in [-0.25, -0.2) is 4.98 Å². The van der Waals surface area contributed by atoms with Crippen LogP contribution in [0.1, 0.15) is 47.4 Å². The second-order valence-corrected chi connectivity index (χ2v) is 6.09. The Morgan fingerprint density at radius 1 is 1.47 bits per heavy atom. The third-order valence-electron chi connectivity index (χ3n) is 3.63. The number of pyridine rings is 1. The number of hydrogen-bond acceptors (Lipinski definition) is 2. The number of likely N-dealkylation sites (tertiary alicyclic amines) is 1. The zero-order valence-electron chi connectivity index (χ0n) is 11.7. The van der Waals surface area contributed by atoms with Gasteiger partial charge >= 0.3 is 0 Å². The number of nitrogens with zero attached hydrogens (tertiary/aromatic N) is 2. The van der Waals surface area contributed by atoms with Gasteiger partial charge < -0.3 is 4.90 Å². The summed E-state index contributed by atoms with van der Waals surface area (Å²) >= 11 is 3.46. The van der Waals surface area contributed by atoms with E-state index in [0.29, 0.717) is 11.7 Å². The topological polar surface area (TPSA) is 33.2 Å². The standard InChI is InChI=1S/C15H21BrN2O/c1-11-9-12(2)17-14(10-11)15(19)18-8-4-6-13(18)5-3-7-16/h9-10,13H,3-8H2,1-2H3. The van der Waals surface area contributed by atoms with Crippen LogP contribution in [0.25, 0.3) is 0 Å². The highest BCUT2D eigenvalue weighted by Gasteiger charge is 2.29. The highest BCUT2D eigenvalue weighted by molar-refractivity contribution is 9.09. The monoisotopic (exact) mass is 324 g/mol. The van der Waals surface area contributed by atoms with Crippen molar-refractivity contribution in [2.75, 3.05) is 11.9 Å². The highest BCUT2D eigenvalue weighted by Crippen LogP contribution is 2.23. The summed E-state index contributed by atoms with van der Waals surface area (Å²) in [5.41, 5.74) is 2.62. The maximum atomic E-state index is 12.6. The first-order valence-corrected chi connectivity index (χ1v) is 8.06. The van der Waals surface area contributed by atoms with Crippen molar-refractivity contribution >= 4 is 21.8 Å². The number of alkyl halides is 1. The van der Waals surface area contributed by atoms with Crippen LogP contribution in [0.3, 0.4) is 0 Å². The van der Waals surface area contributed by atoms with E-state index in [1.807, 2.05) is 30.9 Å². The molecule has 0 saturated carbocycles. The third-order valence-corrected chi connectivity index (χ3v) is 4.19. The zero-order valence-corrected chi connectivity index (χ0v) is 13.2. The molecule has 1 fully saturated rings. The quantitative estimate of drug-likeness (QED) is 0.794. The molecule has 0 aliphatic carbocycles. The molecule has 0 N–H and O–H groups in total. The lowest BCUT2D eigenvalue weighted by Crippen LogP contribution is -2.36. The summed E-state index contributed by atoms with van der Waals surface area (Å²) in [6, 6.07) is 4.30. The lowest BCUT2D eigenvalue weighted by atomic mass is 10.1. The number of aryl methyl sites for hydroxylation is 2. The van der Waals surface area contributed by atoms with E-state index in [2.05, 4.69) is 20.9 Å². The van der Waals surface area contributed by atoms with E-state index in [0.717, 1.165) is 48.8 Å². The Balaban J connectivity index is 2.13. The van der Waals surface area contributed by atoms with Crippen LogP contribution < -0.4 is 0 Å². The van der Waals surface area contributed by atoms with Gasteiger partial charge in [-0.15, -0.1) is 0 Å². The fourth-order valence-corrected chi connectivity index (χ4v) is 3.14. The van der Waals surface area contributed by atoms with Crippen molar-refractivity contribution in [1.29, 1.82) is 0 Å². The first-order valence-electron chi connectivity index (χ1n) is 6.94. The van der Waals surface area contributed by atoms with Crippen molar-refractivity contribution in [3.63, 3.8) is 0 Å². The normalized spacial score (nSPS) is 18.9. The first kappa shape index (κ1) is 14.5. The van der Waals surface area contributed by atoms with Crippen LogP contribution >= 0.6 is 15.9 Å². The Morgan fingerprint density at radius 2 is 2.26 bits per heavy atom. The van der Waals surface area contributed by atoms with Crippen molar-refractivity contribution in [2.45, 2.75) is 45.6 Å². The maximum absolute atomic E-state index is 12.6. The number of aromatic nitrogens is 1. The molecule has 1 saturated heterocycles. The Hall–Kier alpha value is -0.900. The highest BCUT2D eigenvalue weighted by atomic mass is 79.9. The Morgan fingerprint density at radius 3 is 2.95 bits per heavy atom. The molecule has 19 heavy (non-hydrogen) atoms. The summed E-state index contributed by atoms with van der Waals surface area (Å²) in [4.78, 5) is 19.0. The Labute approximate surface area is 123 Å². The van der Waals surface area contributed by atoms with Crippen LogP contribution in [0.4, 0.5) is 0 Å². The molecule has 104 valence electrons. The van der Waals surface area contributed by atoms with Gasteiger partial charge in [0, 0.05) is 23.6 Å². The number of hydrogen-bond donors (Lipinski definition) is 0. The molecule has 1 aliphatic heterocycles. The van der Waals surface area contributed by atoms with Crippen LogP contribution in [-0.4, -0.2) is 33.7 Å². The van der Waals surface area contributed by atoms with Gasteiger partial charge in [0.25, 0.3) is 5.91 Å². The molecule has 1 aliphatic rings. The molecular weight excluding hydrogens is 304 g/mol. The van der Waals surface area contributed by atoms with Gasteiger partial charge in [-0.3, -0.25) is 4.79 Å². The minimum atomic E-state index is 0.101. The van der Waals surface area contributed by atoms with E-state index in [1.54, 1.807) is 0 Å². The van der Waals surface area contributed by atoms with Crippen molar-refractivity contribution in [1.82, 2.24) is 9.88 Å². The molecule has 1 unspecified atom stereocenters. The van der Waals surface area contributed by atoms with Crippen LogP contribution in [0.5, 0.6) is 0 Å². The van der Waals surface area contributed by atoms with E-state index in [-0.39, 0.29) is 5.91 Å². The molecule has 0 aromatic carbocycles. The number of halogens is 1. The molecule has 4 heteroatoms. The first-order chi connectivity index (χ1) is 9.11. The minimum Gasteiger partial charge on any atom is -0.334 e. The van der Waals surface area contributed by atoms with E-state index >= 15 is 0 Å². The largest absolute Gasteiger partial charge is 0.334 e. The van der Waals surface area contributed by atoms with E-state index in [1.165, 1.54) is 0 Å². The molecular formula is C15H21BrN2O. The van der Waals surface area contributed by atoms with Crippen molar-refractivity contribution in [3.05, 3.63) is 29.1 Å². The van der Waals surface area contributed by atoms with E-state index in [9.17, 15) is 4.79 Å². The second kappa shape index (κ2) is 6.51. The summed E-state index contributed by atoms with van der Waals surface area (Å²) in [6.45, 7) is 4.83. The molecule has 1 aromatic rings. The summed E-state index contributed by atoms with van der Waals surface area (Å²) in [5, 5.41) is 1.01. The number of carbonyl (C=O) groups excluding carboxylic acids is 1. The summed E-state index contributed by atoms with van der Waals surface area (Å²) < 4.78 is 0. The van der Waals surface area contributed by atoms with Gasteiger partial charge in [-0.1, -0.05) is 15.9 Å². The van der Waals surface area contributed by atoms with Gasteiger partial charge in [0.1, 0.15) is 5.69 Å². The second-order valence-electron chi connectivity index (χ2n) is 5.30. The average Bonchev–Trinajstić information content (AvgIpc) is 2.82. The third kappa shape index (κ3) is 3.56. The van der Waals surface area contributed by atoms with Crippen molar-refractivity contribution in [3.8, 4) is 0 Å². The van der Waals surface area contributed by atoms with E-state index in [4.69, 9.17) is 0 Å². The zero-order chi connectivity index (χ0) is 13.8. The summed E-state index contributed by atoms with van der Waals surface area (Å²) in [6.07, 6.45) is 4.45. The Bertz CT molecular complexity index is 441. The molecule has 1 atom stereocenters. The number of carbonyl (C=O) groups is 1. The summed E-state index contributed by atoms with van der Waals surface area (Å²) in [5.74, 6) is 0.101. The van der Waals surface area contributed by atoms with Crippen molar-refractivity contribution < 1.29 is 4.79 Å². The van der Waals surface area contributed by atoms with E-state index < -0.39 is 0 Å². The molecule has 3 nitrogen and oxygen atoms in total. The molecule has 1 aromatic heterocycles. The molecule has 2 rings (SSSR count). The summed E-state index contributed by atoms with van der Waals surface area (Å²) in [7, 11) is 0. The van der Waals surface area contributed by atoms with Gasteiger partial charge in [-0.2, -0.15) is 0 Å². The van der Waals surface area contributed by atoms with Crippen LogP contribution in [0.15, 0.2) is 12.1 Å². The average molecular weight is 325 g/mol. The predicted molar refractivity (Wildman–Crippen MR) is 80.8 cm³/mol. The smallest absolute Gasteiger partial charge is 0.272 e. The molecule has 2 heterocycles. The molecule has 0 spiro atoms. The lowest BCUT2D eigenvalue weighted by Gasteiger charge is -2.24. The lowest BCUT2D eigenvalue weighted by molar-refractivity contribution is 0.0724. The SMILES string of the molecule is Cc1cc(C)nc(C(=O)N2CCCC2CCCBr)c1. The fraction of sp³-hybridized carbons (Fsp3) is 0.600. The predicted octanol–water partition coefficient (Wildman–Crippen LogP) is 3.48. The number of amides is 1. The maximum Gasteiger partial charge on any atom is 0.272 e. The molecule has 0 radical (unpaired) electrons. The van der Waals surface area contributed by atoms with Gasteiger partial charge in [0.05, 0.1) is 0 Å². The molecule has 0 bridgehead atoms. The molecule has 1 amide bonds. The van der Waals surface area contributed by atoms with Crippen LogP contribution in [0, 0.1) is 13.8 Å². The van der Waals surface area contributed by atoms with Crippen molar-refractivity contribution in [2.24, 2.45) is 0 Å². The van der Waals surface area contributed by atoms with Crippen LogP contribution in [0.2, 0.25) is 0 Å². The van der Waals surface area contributed by atoms with Gasteiger partial charge in [0.2, 0.25) is 0 Å². The van der Waals surface area contributed by atoms with Crippen LogP contribution in [-0.2, 0) is 0 Å².